The van der Waals surface area contributed by atoms with Crippen LogP contribution in [0.5, 0.6) is 0 Å². The highest BCUT2D eigenvalue weighted by Gasteiger charge is 2.23. The molecule has 1 heterocycles. The number of hydrogen-bond donors (Lipinski definition) is 0. The van der Waals surface area contributed by atoms with Crippen LogP contribution in [0.15, 0.2) is 12.3 Å². The Bertz CT molecular complexity index is 520. The Hall–Kier alpha value is -1.69. The van der Waals surface area contributed by atoms with Crippen molar-refractivity contribution < 1.29 is 9.72 Å². The minimum absolute atomic E-state index is 0.00765. The minimum atomic E-state index is -0.586. The Morgan fingerprint density at radius 2 is 2.14 bits per heavy atom. The third kappa shape index (κ3) is 4.67. The molecule has 0 N–H and O–H groups in total. The molecular weight excluding hydrogens is 294 g/mol. The predicted octanol–water partition coefficient (Wildman–Crippen LogP) is 3.68. The lowest BCUT2D eigenvalue weighted by Crippen LogP contribution is -2.38. The molecule has 0 aliphatic rings. The van der Waals surface area contributed by atoms with Gasteiger partial charge in [0.1, 0.15) is 11.3 Å². The Morgan fingerprint density at radius 1 is 1.48 bits per heavy atom. The molecule has 0 aliphatic heterocycles. The number of pyridine rings is 1. The van der Waals surface area contributed by atoms with Gasteiger partial charge in [-0.2, -0.15) is 0 Å². The number of carbonyl (C=O) groups is 1. The number of aromatic nitrogens is 1. The number of unbranched alkanes of at least 4 members (excludes halogenated alkanes) is 2. The zero-order chi connectivity index (χ0) is 16.0. The van der Waals surface area contributed by atoms with Gasteiger partial charge in [0.2, 0.25) is 0 Å². The first-order valence-electron chi connectivity index (χ1n) is 6.99. The molecule has 1 aromatic rings. The van der Waals surface area contributed by atoms with Gasteiger partial charge >= 0.3 is 0 Å². The SMILES string of the molecule is CCCCCN(C(=O)c1cc([N+](=O)[O-])cnc1Cl)C(C)C. The largest absolute Gasteiger partial charge is 0.336 e. The molecule has 7 heteroatoms. The molecule has 0 fully saturated rings. The van der Waals surface area contributed by atoms with Gasteiger partial charge in [-0.3, -0.25) is 14.9 Å². The van der Waals surface area contributed by atoms with E-state index in [0.717, 1.165) is 25.5 Å². The van der Waals surface area contributed by atoms with E-state index < -0.39 is 4.92 Å². The maximum Gasteiger partial charge on any atom is 0.288 e. The molecule has 0 saturated carbocycles. The van der Waals surface area contributed by atoms with Crippen molar-refractivity contribution in [3.8, 4) is 0 Å². The van der Waals surface area contributed by atoms with Gasteiger partial charge in [-0.25, -0.2) is 4.98 Å². The van der Waals surface area contributed by atoms with Crippen LogP contribution in [0.25, 0.3) is 0 Å². The maximum absolute atomic E-state index is 12.6. The summed E-state index contributed by atoms with van der Waals surface area (Å²) in [7, 11) is 0. The van der Waals surface area contributed by atoms with Gasteiger partial charge in [0.15, 0.2) is 0 Å². The first kappa shape index (κ1) is 17.4. The van der Waals surface area contributed by atoms with Crippen molar-refractivity contribution >= 4 is 23.2 Å². The van der Waals surface area contributed by atoms with Crippen molar-refractivity contribution in [1.82, 2.24) is 9.88 Å². The van der Waals surface area contributed by atoms with E-state index in [4.69, 9.17) is 11.6 Å². The minimum Gasteiger partial charge on any atom is -0.336 e. The summed E-state index contributed by atoms with van der Waals surface area (Å²) in [6.07, 6.45) is 4.02. The molecule has 0 aromatic carbocycles. The lowest BCUT2D eigenvalue weighted by Gasteiger charge is -2.27. The number of hydrogen-bond acceptors (Lipinski definition) is 4. The summed E-state index contributed by atoms with van der Waals surface area (Å²) < 4.78 is 0. The van der Waals surface area contributed by atoms with E-state index in [1.54, 1.807) is 4.90 Å². The zero-order valence-corrected chi connectivity index (χ0v) is 13.3. The van der Waals surface area contributed by atoms with Gasteiger partial charge in [-0.05, 0) is 20.3 Å². The fourth-order valence-electron chi connectivity index (χ4n) is 1.97. The standard InChI is InChI=1S/C14H20ClN3O3/c1-4-5-6-7-17(10(2)3)14(19)12-8-11(18(20)21)9-16-13(12)15/h8-10H,4-7H2,1-3H3. The van der Waals surface area contributed by atoms with Crippen LogP contribution in [-0.2, 0) is 0 Å². The Balaban J connectivity index is 3.02. The molecule has 116 valence electrons. The van der Waals surface area contributed by atoms with Crippen LogP contribution in [-0.4, -0.2) is 33.3 Å². The van der Waals surface area contributed by atoms with Crippen LogP contribution >= 0.6 is 11.6 Å². The van der Waals surface area contributed by atoms with E-state index in [1.807, 2.05) is 13.8 Å². The van der Waals surface area contributed by atoms with Crippen molar-refractivity contribution in [3.05, 3.63) is 33.1 Å². The topological polar surface area (TPSA) is 76.3 Å². The van der Waals surface area contributed by atoms with Gasteiger partial charge in [-0.15, -0.1) is 0 Å². The third-order valence-electron chi connectivity index (χ3n) is 3.15. The Morgan fingerprint density at radius 3 is 2.67 bits per heavy atom. The van der Waals surface area contributed by atoms with Gasteiger partial charge in [0, 0.05) is 18.7 Å². The summed E-state index contributed by atoms with van der Waals surface area (Å²) in [5, 5.41) is 10.8. The van der Waals surface area contributed by atoms with Crippen molar-refractivity contribution in [1.29, 1.82) is 0 Å². The highest BCUT2D eigenvalue weighted by atomic mass is 35.5. The van der Waals surface area contributed by atoms with Gasteiger partial charge < -0.3 is 4.90 Å². The van der Waals surface area contributed by atoms with Crippen molar-refractivity contribution in [2.75, 3.05) is 6.54 Å². The molecule has 0 unspecified atom stereocenters. The number of rotatable bonds is 7. The van der Waals surface area contributed by atoms with Gasteiger partial charge in [0.05, 0.1) is 10.5 Å². The highest BCUT2D eigenvalue weighted by Crippen LogP contribution is 2.22. The fraction of sp³-hybridized carbons (Fsp3) is 0.571. The second-order valence-electron chi connectivity index (χ2n) is 5.09. The van der Waals surface area contributed by atoms with E-state index in [9.17, 15) is 14.9 Å². The summed E-state index contributed by atoms with van der Waals surface area (Å²) in [4.78, 5) is 28.2. The summed E-state index contributed by atoms with van der Waals surface area (Å²) in [5.74, 6) is -0.317. The van der Waals surface area contributed by atoms with E-state index in [2.05, 4.69) is 11.9 Å². The van der Waals surface area contributed by atoms with Crippen LogP contribution < -0.4 is 0 Å². The number of nitrogens with zero attached hydrogens (tertiary/aromatic N) is 3. The molecule has 21 heavy (non-hydrogen) atoms. The average Bonchev–Trinajstić information content (AvgIpc) is 2.42. The first-order valence-corrected chi connectivity index (χ1v) is 7.37. The summed E-state index contributed by atoms with van der Waals surface area (Å²) in [6.45, 7) is 6.50. The van der Waals surface area contributed by atoms with Gasteiger partial charge in [-0.1, -0.05) is 31.4 Å². The lowest BCUT2D eigenvalue weighted by atomic mass is 10.1. The number of carbonyl (C=O) groups excluding carboxylic acids is 1. The van der Waals surface area contributed by atoms with E-state index >= 15 is 0 Å². The highest BCUT2D eigenvalue weighted by molar-refractivity contribution is 6.32. The molecule has 6 nitrogen and oxygen atoms in total. The van der Waals surface area contributed by atoms with Crippen LogP contribution in [0.2, 0.25) is 5.15 Å². The molecule has 0 bridgehead atoms. The molecule has 0 saturated heterocycles. The molecule has 0 spiro atoms. The van der Waals surface area contributed by atoms with Crippen molar-refractivity contribution in [3.63, 3.8) is 0 Å². The first-order chi connectivity index (χ1) is 9.88. The fourth-order valence-corrected chi connectivity index (χ4v) is 2.15. The number of amides is 1. The van der Waals surface area contributed by atoms with Gasteiger partial charge in [0.25, 0.3) is 11.6 Å². The maximum atomic E-state index is 12.6. The van der Waals surface area contributed by atoms with Crippen molar-refractivity contribution in [2.24, 2.45) is 0 Å². The molecule has 1 amide bonds. The van der Waals surface area contributed by atoms with Crippen LogP contribution in [0.3, 0.4) is 0 Å². The summed E-state index contributed by atoms with van der Waals surface area (Å²) in [6, 6.07) is 1.18. The zero-order valence-electron chi connectivity index (χ0n) is 12.5. The molecule has 0 radical (unpaired) electrons. The quantitative estimate of drug-likeness (QED) is 0.333. The number of nitro groups is 1. The summed E-state index contributed by atoms with van der Waals surface area (Å²) >= 11 is 5.92. The second kappa shape index (κ2) is 7.93. The third-order valence-corrected chi connectivity index (χ3v) is 3.45. The monoisotopic (exact) mass is 313 g/mol. The number of halogens is 1. The molecule has 0 aliphatic carbocycles. The van der Waals surface area contributed by atoms with Crippen molar-refractivity contribution in [2.45, 2.75) is 46.1 Å². The Kier molecular flexibility index (Phi) is 6.55. The smallest absolute Gasteiger partial charge is 0.288 e. The molecule has 0 atom stereocenters. The van der Waals surface area contributed by atoms with Crippen LogP contribution in [0.4, 0.5) is 5.69 Å². The molecule has 1 rings (SSSR count). The van der Waals surface area contributed by atoms with E-state index in [-0.39, 0.29) is 28.4 Å². The van der Waals surface area contributed by atoms with E-state index in [1.165, 1.54) is 6.07 Å². The second-order valence-corrected chi connectivity index (χ2v) is 5.45. The Labute approximate surface area is 129 Å². The van der Waals surface area contributed by atoms with Crippen LogP contribution in [0.1, 0.15) is 50.4 Å². The molecule has 1 aromatic heterocycles. The van der Waals surface area contributed by atoms with E-state index in [0.29, 0.717) is 6.54 Å². The molecular formula is C14H20ClN3O3. The average molecular weight is 314 g/mol. The normalized spacial score (nSPS) is 10.7. The summed E-state index contributed by atoms with van der Waals surface area (Å²) in [5.41, 5.74) is -0.156. The predicted molar refractivity (Wildman–Crippen MR) is 81.6 cm³/mol. The lowest BCUT2D eigenvalue weighted by molar-refractivity contribution is -0.385. The van der Waals surface area contributed by atoms with Crippen LogP contribution in [0, 0.1) is 10.1 Å².